The van der Waals surface area contributed by atoms with Crippen LogP contribution in [0.5, 0.6) is 0 Å². The van der Waals surface area contributed by atoms with Crippen molar-refractivity contribution in [2.75, 3.05) is 0 Å². The second kappa shape index (κ2) is 6.39. The number of rotatable bonds is 5. The summed E-state index contributed by atoms with van der Waals surface area (Å²) in [6, 6.07) is 0. The topological polar surface area (TPSA) is 66.4 Å². The molecule has 0 unspecified atom stereocenters. The van der Waals surface area contributed by atoms with E-state index in [1.165, 1.54) is 6.20 Å². The van der Waals surface area contributed by atoms with Crippen LogP contribution in [0.3, 0.4) is 0 Å². The number of hydrogen-bond donors (Lipinski definition) is 2. The van der Waals surface area contributed by atoms with E-state index in [0.29, 0.717) is 0 Å². The van der Waals surface area contributed by atoms with Crippen LogP contribution in [0.25, 0.3) is 0 Å². The maximum Gasteiger partial charge on any atom is 0.303 e. The van der Waals surface area contributed by atoms with Crippen LogP contribution in [0.1, 0.15) is 26.2 Å². The average molecular weight is 171 g/mol. The van der Waals surface area contributed by atoms with Crippen LogP contribution in [0.15, 0.2) is 12.3 Å². The van der Waals surface area contributed by atoms with Gasteiger partial charge in [0.15, 0.2) is 0 Å². The van der Waals surface area contributed by atoms with E-state index in [-0.39, 0.29) is 18.7 Å². The number of carbonyl (C=O) groups is 2. The zero-order chi connectivity index (χ0) is 9.40. The fraction of sp³-hybridized carbons (Fsp3) is 0.500. The largest absolute Gasteiger partial charge is 0.481 e. The molecule has 0 rings (SSSR count). The van der Waals surface area contributed by atoms with E-state index in [0.717, 1.165) is 6.42 Å². The lowest BCUT2D eigenvalue weighted by Gasteiger charge is -1.95. The molecule has 0 spiro atoms. The van der Waals surface area contributed by atoms with E-state index in [2.05, 4.69) is 5.32 Å². The van der Waals surface area contributed by atoms with Gasteiger partial charge in [-0.05, 0) is 12.6 Å². The fourth-order valence-electron chi connectivity index (χ4n) is 0.562. The van der Waals surface area contributed by atoms with Crippen molar-refractivity contribution in [1.29, 1.82) is 0 Å². The quantitative estimate of drug-likeness (QED) is 0.645. The highest BCUT2D eigenvalue weighted by Crippen LogP contribution is 1.88. The predicted molar refractivity (Wildman–Crippen MR) is 44.4 cm³/mol. The third kappa shape index (κ3) is 6.80. The minimum Gasteiger partial charge on any atom is -0.481 e. The summed E-state index contributed by atoms with van der Waals surface area (Å²) in [6.07, 6.45) is 4.08. The Morgan fingerprint density at radius 2 is 2.08 bits per heavy atom. The van der Waals surface area contributed by atoms with Gasteiger partial charge in [-0.1, -0.05) is 13.0 Å². The Hall–Kier alpha value is -1.32. The molecule has 4 nitrogen and oxygen atoms in total. The number of carboxylic acids is 1. The number of carbonyl (C=O) groups excluding carboxylic acids is 1. The highest BCUT2D eigenvalue weighted by molar-refractivity contribution is 5.81. The van der Waals surface area contributed by atoms with Crippen molar-refractivity contribution < 1.29 is 14.7 Å². The molecular weight excluding hydrogens is 158 g/mol. The highest BCUT2D eigenvalue weighted by atomic mass is 16.4. The van der Waals surface area contributed by atoms with E-state index in [1.807, 2.05) is 6.92 Å². The normalized spacial score (nSPS) is 10.1. The van der Waals surface area contributed by atoms with Crippen LogP contribution in [0.2, 0.25) is 0 Å². The van der Waals surface area contributed by atoms with Crippen molar-refractivity contribution in [3.05, 3.63) is 12.3 Å². The lowest BCUT2D eigenvalue weighted by atomic mass is 10.3. The van der Waals surface area contributed by atoms with Crippen molar-refractivity contribution in [1.82, 2.24) is 5.32 Å². The summed E-state index contributed by atoms with van der Waals surface area (Å²) < 4.78 is 0. The minimum atomic E-state index is -0.954. The molecule has 12 heavy (non-hydrogen) atoms. The third-order valence-corrected chi connectivity index (χ3v) is 1.16. The highest BCUT2D eigenvalue weighted by Gasteiger charge is 2.02. The first kappa shape index (κ1) is 10.7. The lowest BCUT2D eigenvalue weighted by molar-refractivity contribution is -0.138. The number of aliphatic carboxylic acids is 1. The van der Waals surface area contributed by atoms with Gasteiger partial charge in [-0.15, -0.1) is 0 Å². The first-order valence-corrected chi connectivity index (χ1v) is 3.83. The Morgan fingerprint density at radius 1 is 1.42 bits per heavy atom. The lowest BCUT2D eigenvalue weighted by Crippen LogP contribution is -2.17. The van der Waals surface area contributed by atoms with Gasteiger partial charge in [0.2, 0.25) is 5.91 Å². The van der Waals surface area contributed by atoms with Crippen LogP contribution < -0.4 is 5.32 Å². The SMILES string of the molecule is CCC=CNC(=O)CCC(=O)O. The van der Waals surface area contributed by atoms with Gasteiger partial charge in [0, 0.05) is 6.42 Å². The second-order valence-electron chi connectivity index (χ2n) is 2.27. The molecule has 68 valence electrons. The number of nitrogens with one attached hydrogen (secondary N) is 1. The van der Waals surface area contributed by atoms with Gasteiger partial charge in [0.1, 0.15) is 0 Å². The maximum atomic E-state index is 10.8. The number of carboxylic acid groups (broad SMARTS) is 1. The van der Waals surface area contributed by atoms with E-state index < -0.39 is 5.97 Å². The van der Waals surface area contributed by atoms with Crippen molar-refractivity contribution >= 4 is 11.9 Å². The molecule has 0 fully saturated rings. The van der Waals surface area contributed by atoms with Gasteiger partial charge in [0.05, 0.1) is 6.42 Å². The third-order valence-electron chi connectivity index (χ3n) is 1.16. The Balaban J connectivity index is 3.46. The monoisotopic (exact) mass is 171 g/mol. The smallest absolute Gasteiger partial charge is 0.303 e. The number of amides is 1. The van der Waals surface area contributed by atoms with Crippen LogP contribution in [-0.4, -0.2) is 17.0 Å². The van der Waals surface area contributed by atoms with Gasteiger partial charge in [-0.2, -0.15) is 0 Å². The maximum absolute atomic E-state index is 10.8. The van der Waals surface area contributed by atoms with Crippen LogP contribution in [0.4, 0.5) is 0 Å². The molecule has 0 saturated heterocycles. The molecular formula is C8H13NO3. The standard InChI is InChI=1S/C8H13NO3/c1-2-3-6-9-7(10)4-5-8(11)12/h3,6H,2,4-5H2,1H3,(H,9,10)(H,11,12). The molecule has 4 heteroatoms. The molecule has 2 N–H and O–H groups in total. The molecule has 0 aromatic rings. The Kier molecular flexibility index (Phi) is 5.69. The minimum absolute atomic E-state index is 0.0311. The first-order valence-electron chi connectivity index (χ1n) is 3.83. The van der Waals surface area contributed by atoms with Gasteiger partial charge < -0.3 is 10.4 Å². The molecule has 0 aliphatic carbocycles. The molecule has 0 aliphatic heterocycles. The van der Waals surface area contributed by atoms with Gasteiger partial charge in [-0.25, -0.2) is 0 Å². The second-order valence-corrected chi connectivity index (χ2v) is 2.27. The molecule has 0 aliphatic rings. The fourth-order valence-corrected chi connectivity index (χ4v) is 0.562. The first-order chi connectivity index (χ1) is 5.66. The van der Waals surface area contributed by atoms with Crippen LogP contribution >= 0.6 is 0 Å². The van der Waals surface area contributed by atoms with Gasteiger partial charge >= 0.3 is 5.97 Å². The molecule has 0 aromatic carbocycles. The summed E-state index contributed by atoms with van der Waals surface area (Å²) in [5.74, 6) is -1.22. The molecule has 0 atom stereocenters. The summed E-state index contributed by atoms with van der Waals surface area (Å²) in [7, 11) is 0. The molecule has 0 bridgehead atoms. The average Bonchev–Trinajstić information content (AvgIpc) is 2.01. The molecule has 0 heterocycles. The van der Waals surface area contributed by atoms with E-state index in [1.54, 1.807) is 6.08 Å². The zero-order valence-corrected chi connectivity index (χ0v) is 7.04. The predicted octanol–water partition coefficient (Wildman–Crippen LogP) is 0.891. The number of allylic oxidation sites excluding steroid dienone is 1. The van der Waals surface area contributed by atoms with Crippen molar-refractivity contribution in [3.63, 3.8) is 0 Å². The summed E-state index contributed by atoms with van der Waals surface area (Å²) in [5.41, 5.74) is 0. The zero-order valence-electron chi connectivity index (χ0n) is 7.04. The molecule has 0 saturated carbocycles. The van der Waals surface area contributed by atoms with Crippen molar-refractivity contribution in [3.8, 4) is 0 Å². The Labute approximate surface area is 71.3 Å². The summed E-state index contributed by atoms with van der Waals surface area (Å²) in [4.78, 5) is 20.8. The molecule has 0 aromatic heterocycles. The van der Waals surface area contributed by atoms with E-state index >= 15 is 0 Å². The summed E-state index contributed by atoms with van der Waals surface area (Å²) in [5, 5.41) is 10.7. The summed E-state index contributed by atoms with van der Waals surface area (Å²) in [6.45, 7) is 1.94. The molecule has 1 amide bonds. The van der Waals surface area contributed by atoms with Crippen LogP contribution in [0, 0.1) is 0 Å². The van der Waals surface area contributed by atoms with Crippen molar-refractivity contribution in [2.45, 2.75) is 26.2 Å². The van der Waals surface area contributed by atoms with E-state index in [9.17, 15) is 9.59 Å². The van der Waals surface area contributed by atoms with Gasteiger partial charge in [-0.3, -0.25) is 9.59 Å². The number of hydrogen-bond acceptors (Lipinski definition) is 2. The van der Waals surface area contributed by atoms with Crippen molar-refractivity contribution in [2.24, 2.45) is 0 Å². The Bertz CT molecular complexity index is 187. The summed E-state index contributed by atoms with van der Waals surface area (Å²) >= 11 is 0. The van der Waals surface area contributed by atoms with Crippen LogP contribution in [-0.2, 0) is 9.59 Å². The molecule has 0 radical (unpaired) electrons. The van der Waals surface area contributed by atoms with E-state index in [4.69, 9.17) is 5.11 Å². The Morgan fingerprint density at radius 3 is 2.58 bits per heavy atom. The van der Waals surface area contributed by atoms with Gasteiger partial charge in [0.25, 0.3) is 0 Å².